The van der Waals surface area contributed by atoms with Gasteiger partial charge in [-0.2, -0.15) is 0 Å². The molecule has 0 unspecified atom stereocenters. The van der Waals surface area contributed by atoms with Crippen LogP contribution in [0.15, 0.2) is 0 Å². The second kappa shape index (κ2) is 2.51. The normalized spacial score (nSPS) is 47.1. The molecule has 2 heteroatoms. The van der Waals surface area contributed by atoms with Crippen LogP contribution in [0.4, 0.5) is 0 Å². The van der Waals surface area contributed by atoms with Crippen LogP contribution >= 0.6 is 0 Å². The monoisotopic (exact) mass is 141 g/mol. The summed E-state index contributed by atoms with van der Waals surface area (Å²) in [5.41, 5.74) is 0. The number of rotatable bonds is 0. The summed E-state index contributed by atoms with van der Waals surface area (Å²) in [6, 6.07) is 0. The van der Waals surface area contributed by atoms with Crippen molar-refractivity contribution in [2.45, 2.75) is 25.4 Å². The molecular weight excluding hydrogens is 126 g/mol. The van der Waals surface area contributed by atoms with Gasteiger partial charge in [0.25, 0.3) is 0 Å². The molecule has 0 amide bonds. The summed E-state index contributed by atoms with van der Waals surface area (Å²) in [6.07, 6.45) is 3.39. The van der Waals surface area contributed by atoms with E-state index in [-0.39, 0.29) is 6.10 Å². The topological polar surface area (TPSA) is 32.3 Å². The maximum atomic E-state index is 9.33. The van der Waals surface area contributed by atoms with Crippen LogP contribution in [0.1, 0.15) is 19.3 Å². The summed E-state index contributed by atoms with van der Waals surface area (Å²) >= 11 is 0. The number of hydrogen-bond acceptors (Lipinski definition) is 2. The number of nitrogens with one attached hydrogen (secondary N) is 1. The zero-order chi connectivity index (χ0) is 6.97. The number of piperidine rings is 1. The third-order valence-corrected chi connectivity index (χ3v) is 2.91. The second-order valence-electron chi connectivity index (χ2n) is 3.64. The van der Waals surface area contributed by atoms with Gasteiger partial charge in [-0.15, -0.1) is 0 Å². The minimum absolute atomic E-state index is 0.00917. The molecule has 0 aromatic carbocycles. The van der Waals surface area contributed by atoms with Crippen molar-refractivity contribution in [3.63, 3.8) is 0 Å². The Kier molecular flexibility index (Phi) is 1.66. The van der Waals surface area contributed by atoms with E-state index in [1.165, 1.54) is 6.42 Å². The summed E-state index contributed by atoms with van der Waals surface area (Å²) in [7, 11) is 0. The van der Waals surface area contributed by atoms with Crippen molar-refractivity contribution in [2.24, 2.45) is 11.8 Å². The highest BCUT2D eigenvalue weighted by Crippen LogP contribution is 2.35. The van der Waals surface area contributed by atoms with Crippen LogP contribution in [-0.4, -0.2) is 24.3 Å². The van der Waals surface area contributed by atoms with Gasteiger partial charge in [-0.25, -0.2) is 0 Å². The average molecular weight is 141 g/mol. The van der Waals surface area contributed by atoms with Crippen LogP contribution in [0.25, 0.3) is 0 Å². The number of hydrogen-bond donors (Lipinski definition) is 2. The molecule has 1 saturated heterocycles. The Morgan fingerprint density at radius 3 is 2.80 bits per heavy atom. The van der Waals surface area contributed by atoms with Gasteiger partial charge in [0.15, 0.2) is 0 Å². The molecule has 2 nitrogen and oxygen atoms in total. The summed E-state index contributed by atoms with van der Waals surface area (Å²) in [6.45, 7) is 2.30. The highest BCUT2D eigenvalue weighted by Gasteiger charge is 2.34. The Labute approximate surface area is 61.6 Å². The zero-order valence-electron chi connectivity index (χ0n) is 6.21. The molecule has 2 N–H and O–H groups in total. The molecule has 0 radical (unpaired) electrons. The first-order valence-electron chi connectivity index (χ1n) is 4.25. The molecule has 0 aromatic rings. The first-order valence-corrected chi connectivity index (χ1v) is 4.25. The fourth-order valence-corrected chi connectivity index (χ4v) is 2.36. The molecule has 1 heterocycles. The largest absolute Gasteiger partial charge is 0.393 e. The third kappa shape index (κ3) is 1.06. The van der Waals surface area contributed by atoms with Gasteiger partial charge < -0.3 is 10.4 Å². The standard InChI is InChI=1S/C8H15NO/c10-8-3-6-1-2-9-5-7(6)4-8/h6-10H,1-5H2/t6-,7-,8+/m1/s1. The predicted octanol–water partition coefficient (Wildman–Crippen LogP) is 0.367. The van der Waals surface area contributed by atoms with Crippen LogP contribution in [0.3, 0.4) is 0 Å². The van der Waals surface area contributed by atoms with E-state index in [1.807, 2.05) is 0 Å². The Morgan fingerprint density at radius 2 is 2.00 bits per heavy atom. The van der Waals surface area contributed by atoms with E-state index in [0.29, 0.717) is 0 Å². The fourth-order valence-electron chi connectivity index (χ4n) is 2.36. The molecule has 10 heavy (non-hydrogen) atoms. The van der Waals surface area contributed by atoms with E-state index in [0.717, 1.165) is 37.8 Å². The van der Waals surface area contributed by atoms with E-state index in [9.17, 15) is 5.11 Å². The quantitative estimate of drug-likeness (QED) is 0.510. The van der Waals surface area contributed by atoms with Crippen molar-refractivity contribution in [1.82, 2.24) is 5.32 Å². The number of aliphatic hydroxyl groups is 1. The Morgan fingerprint density at radius 1 is 1.20 bits per heavy atom. The van der Waals surface area contributed by atoms with Gasteiger partial charge in [0.2, 0.25) is 0 Å². The minimum Gasteiger partial charge on any atom is -0.393 e. The van der Waals surface area contributed by atoms with Crippen LogP contribution in [0.5, 0.6) is 0 Å². The van der Waals surface area contributed by atoms with Crippen molar-refractivity contribution in [3.8, 4) is 0 Å². The predicted molar refractivity (Wildman–Crippen MR) is 39.7 cm³/mol. The lowest BCUT2D eigenvalue weighted by Gasteiger charge is -2.25. The molecule has 1 saturated carbocycles. The van der Waals surface area contributed by atoms with E-state index in [1.54, 1.807) is 0 Å². The van der Waals surface area contributed by atoms with Gasteiger partial charge in [0, 0.05) is 0 Å². The second-order valence-corrected chi connectivity index (χ2v) is 3.64. The van der Waals surface area contributed by atoms with E-state index < -0.39 is 0 Å². The van der Waals surface area contributed by atoms with Crippen LogP contribution in [-0.2, 0) is 0 Å². The fraction of sp³-hybridized carbons (Fsp3) is 1.00. The van der Waals surface area contributed by atoms with Crippen molar-refractivity contribution in [1.29, 1.82) is 0 Å². The van der Waals surface area contributed by atoms with Crippen molar-refractivity contribution in [3.05, 3.63) is 0 Å². The molecule has 1 aliphatic carbocycles. The average Bonchev–Trinajstić information content (AvgIpc) is 2.27. The maximum Gasteiger partial charge on any atom is 0.0546 e. The summed E-state index contributed by atoms with van der Waals surface area (Å²) in [5.74, 6) is 1.61. The molecule has 0 bridgehead atoms. The molecule has 1 aliphatic heterocycles. The van der Waals surface area contributed by atoms with Gasteiger partial charge in [0.1, 0.15) is 0 Å². The smallest absolute Gasteiger partial charge is 0.0546 e. The van der Waals surface area contributed by atoms with Gasteiger partial charge >= 0.3 is 0 Å². The number of aliphatic hydroxyl groups excluding tert-OH is 1. The van der Waals surface area contributed by atoms with Crippen LogP contribution in [0, 0.1) is 11.8 Å². The highest BCUT2D eigenvalue weighted by molar-refractivity contribution is 4.87. The van der Waals surface area contributed by atoms with Crippen molar-refractivity contribution in [2.75, 3.05) is 13.1 Å². The first-order chi connectivity index (χ1) is 4.86. The summed E-state index contributed by atoms with van der Waals surface area (Å²) < 4.78 is 0. The Bertz CT molecular complexity index is 112. The molecule has 0 spiro atoms. The zero-order valence-corrected chi connectivity index (χ0v) is 6.21. The van der Waals surface area contributed by atoms with Gasteiger partial charge in [-0.3, -0.25) is 0 Å². The molecular formula is C8H15NO. The van der Waals surface area contributed by atoms with Crippen molar-refractivity contribution < 1.29 is 5.11 Å². The minimum atomic E-state index is 0.00917. The Balaban J connectivity index is 1.97. The molecule has 0 aromatic heterocycles. The maximum absolute atomic E-state index is 9.33. The van der Waals surface area contributed by atoms with E-state index in [2.05, 4.69) is 5.32 Å². The first kappa shape index (κ1) is 6.62. The molecule has 58 valence electrons. The van der Waals surface area contributed by atoms with Crippen LogP contribution < -0.4 is 5.32 Å². The SMILES string of the molecule is O[C@H]1C[C@H]2CCNC[C@H]2C1. The number of fused-ring (bicyclic) bond motifs is 1. The Hall–Kier alpha value is -0.0800. The van der Waals surface area contributed by atoms with Gasteiger partial charge in [-0.05, 0) is 44.2 Å². The van der Waals surface area contributed by atoms with Crippen LogP contribution in [0.2, 0.25) is 0 Å². The van der Waals surface area contributed by atoms with E-state index >= 15 is 0 Å². The molecule has 2 rings (SSSR count). The van der Waals surface area contributed by atoms with Gasteiger partial charge in [0.05, 0.1) is 6.10 Å². The van der Waals surface area contributed by atoms with Crippen molar-refractivity contribution >= 4 is 0 Å². The summed E-state index contributed by atoms with van der Waals surface area (Å²) in [4.78, 5) is 0. The molecule has 3 atom stereocenters. The molecule has 2 aliphatic rings. The van der Waals surface area contributed by atoms with Gasteiger partial charge in [-0.1, -0.05) is 0 Å². The lowest BCUT2D eigenvalue weighted by Crippen LogP contribution is -2.33. The lowest BCUT2D eigenvalue weighted by molar-refractivity contribution is 0.176. The lowest BCUT2D eigenvalue weighted by atomic mass is 9.90. The highest BCUT2D eigenvalue weighted by atomic mass is 16.3. The van der Waals surface area contributed by atoms with E-state index in [4.69, 9.17) is 0 Å². The third-order valence-electron chi connectivity index (χ3n) is 2.91. The molecule has 2 fully saturated rings. The summed E-state index contributed by atoms with van der Waals surface area (Å²) in [5, 5.41) is 12.7.